The molecule has 1 aromatic rings. The summed E-state index contributed by atoms with van der Waals surface area (Å²) in [5, 5.41) is 0. The van der Waals surface area contributed by atoms with Gasteiger partial charge in [-0.15, -0.1) is 12.4 Å². The first kappa shape index (κ1) is 13.5. The Morgan fingerprint density at radius 2 is 2.00 bits per heavy atom. The van der Waals surface area contributed by atoms with Crippen LogP contribution in [0.2, 0.25) is 0 Å². The van der Waals surface area contributed by atoms with Crippen molar-refractivity contribution in [3.63, 3.8) is 0 Å². The Labute approximate surface area is 92.3 Å². The van der Waals surface area contributed by atoms with Crippen molar-refractivity contribution in [1.29, 1.82) is 0 Å². The molecule has 0 fully saturated rings. The van der Waals surface area contributed by atoms with Crippen molar-refractivity contribution in [3.8, 4) is 0 Å². The molecule has 0 unspecified atom stereocenters. The Kier molecular flexibility index (Phi) is 5.89. The summed E-state index contributed by atoms with van der Waals surface area (Å²) in [4.78, 5) is 0. The number of furan rings is 1. The third-order valence-corrected chi connectivity index (χ3v) is 2.12. The molecule has 0 saturated carbocycles. The minimum absolute atomic E-state index is 0. The van der Waals surface area contributed by atoms with Gasteiger partial charge in [-0.1, -0.05) is 20.8 Å². The summed E-state index contributed by atoms with van der Waals surface area (Å²) in [7, 11) is 0. The molecular formula is C11H20ClNO. The van der Waals surface area contributed by atoms with Crippen molar-refractivity contribution in [2.24, 2.45) is 11.7 Å². The molecule has 0 aliphatic rings. The summed E-state index contributed by atoms with van der Waals surface area (Å²) in [5.74, 6) is 2.56. The molecule has 2 N–H and O–H groups in total. The van der Waals surface area contributed by atoms with E-state index in [9.17, 15) is 0 Å². The Morgan fingerprint density at radius 3 is 2.43 bits per heavy atom. The molecule has 0 amide bonds. The molecule has 0 aliphatic heterocycles. The van der Waals surface area contributed by atoms with E-state index in [2.05, 4.69) is 20.8 Å². The zero-order valence-corrected chi connectivity index (χ0v) is 9.93. The van der Waals surface area contributed by atoms with Crippen molar-refractivity contribution in [2.45, 2.75) is 39.7 Å². The fourth-order valence-corrected chi connectivity index (χ4v) is 1.41. The highest BCUT2D eigenvalue weighted by atomic mass is 35.5. The van der Waals surface area contributed by atoms with Crippen LogP contribution in [-0.2, 0) is 6.42 Å². The summed E-state index contributed by atoms with van der Waals surface area (Å²) >= 11 is 0. The van der Waals surface area contributed by atoms with Gasteiger partial charge in [-0.25, -0.2) is 0 Å². The predicted molar refractivity (Wildman–Crippen MR) is 61.7 cm³/mol. The largest absolute Gasteiger partial charge is 0.464 e. The van der Waals surface area contributed by atoms with Gasteiger partial charge in [0.05, 0.1) is 6.04 Å². The van der Waals surface area contributed by atoms with Crippen LogP contribution >= 0.6 is 12.4 Å². The van der Waals surface area contributed by atoms with Crippen LogP contribution in [0.3, 0.4) is 0 Å². The number of halogens is 1. The Morgan fingerprint density at radius 1 is 1.36 bits per heavy atom. The second-order valence-electron chi connectivity index (χ2n) is 3.89. The smallest absolute Gasteiger partial charge is 0.120 e. The van der Waals surface area contributed by atoms with Crippen LogP contribution in [0, 0.1) is 5.92 Å². The lowest BCUT2D eigenvalue weighted by atomic mass is 10.0. The number of aryl methyl sites for hydroxylation is 1. The van der Waals surface area contributed by atoms with E-state index in [0.29, 0.717) is 5.92 Å². The standard InChI is InChI=1S/C11H19NO.ClH/c1-4-9-5-6-11(13-9)10(12)7-8(2)3;/h5-6,8,10H,4,7,12H2,1-3H3;1H/t10-;/m1./s1. The van der Waals surface area contributed by atoms with Gasteiger partial charge in [0.25, 0.3) is 0 Å². The SMILES string of the molecule is CCc1ccc([C@H](N)CC(C)C)o1.Cl. The molecule has 2 nitrogen and oxygen atoms in total. The van der Waals surface area contributed by atoms with Crippen molar-refractivity contribution in [3.05, 3.63) is 23.7 Å². The average molecular weight is 218 g/mol. The molecule has 1 rings (SSSR count). The highest BCUT2D eigenvalue weighted by molar-refractivity contribution is 5.85. The Balaban J connectivity index is 0.00000169. The summed E-state index contributed by atoms with van der Waals surface area (Å²) in [6.07, 6.45) is 1.92. The second-order valence-corrected chi connectivity index (χ2v) is 3.89. The molecule has 82 valence electrons. The summed E-state index contributed by atoms with van der Waals surface area (Å²) in [6.45, 7) is 6.42. The predicted octanol–water partition coefficient (Wildman–Crippen LogP) is 3.31. The summed E-state index contributed by atoms with van der Waals surface area (Å²) in [5.41, 5.74) is 5.97. The zero-order chi connectivity index (χ0) is 9.84. The maximum Gasteiger partial charge on any atom is 0.120 e. The number of hydrogen-bond acceptors (Lipinski definition) is 2. The maximum absolute atomic E-state index is 5.97. The first-order chi connectivity index (χ1) is 6.13. The average Bonchev–Trinajstić information content (AvgIpc) is 2.50. The number of hydrogen-bond donors (Lipinski definition) is 1. The second kappa shape index (κ2) is 6.10. The van der Waals surface area contributed by atoms with Gasteiger partial charge in [-0.3, -0.25) is 0 Å². The van der Waals surface area contributed by atoms with Gasteiger partial charge >= 0.3 is 0 Å². The Hall–Kier alpha value is -0.470. The van der Waals surface area contributed by atoms with Gasteiger partial charge in [0.1, 0.15) is 11.5 Å². The normalized spacial score (nSPS) is 12.6. The molecule has 0 spiro atoms. The van der Waals surface area contributed by atoms with Gasteiger partial charge < -0.3 is 10.2 Å². The van der Waals surface area contributed by atoms with Crippen molar-refractivity contribution in [1.82, 2.24) is 0 Å². The van der Waals surface area contributed by atoms with Crippen LogP contribution in [0.1, 0.15) is 44.8 Å². The molecule has 0 saturated heterocycles. The van der Waals surface area contributed by atoms with Gasteiger partial charge in [0, 0.05) is 6.42 Å². The highest BCUT2D eigenvalue weighted by Gasteiger charge is 2.11. The molecule has 1 atom stereocenters. The molecule has 14 heavy (non-hydrogen) atoms. The van der Waals surface area contributed by atoms with Crippen LogP contribution in [0.4, 0.5) is 0 Å². The fourth-order valence-electron chi connectivity index (χ4n) is 1.41. The molecule has 3 heteroatoms. The topological polar surface area (TPSA) is 39.2 Å². The van der Waals surface area contributed by atoms with Crippen molar-refractivity contribution in [2.75, 3.05) is 0 Å². The maximum atomic E-state index is 5.97. The van der Waals surface area contributed by atoms with E-state index >= 15 is 0 Å². The molecule has 1 aromatic heterocycles. The lowest BCUT2D eigenvalue weighted by Crippen LogP contribution is -2.11. The van der Waals surface area contributed by atoms with E-state index in [4.69, 9.17) is 10.2 Å². The first-order valence-electron chi connectivity index (χ1n) is 4.97. The fraction of sp³-hybridized carbons (Fsp3) is 0.636. The van der Waals surface area contributed by atoms with Crippen LogP contribution < -0.4 is 5.73 Å². The van der Waals surface area contributed by atoms with Gasteiger partial charge in [0.2, 0.25) is 0 Å². The minimum Gasteiger partial charge on any atom is -0.464 e. The number of rotatable bonds is 4. The first-order valence-corrected chi connectivity index (χ1v) is 4.97. The van der Waals surface area contributed by atoms with Gasteiger partial charge in [-0.05, 0) is 24.5 Å². The highest BCUT2D eigenvalue weighted by Crippen LogP contribution is 2.20. The minimum atomic E-state index is 0. The lowest BCUT2D eigenvalue weighted by Gasteiger charge is -2.10. The van der Waals surface area contributed by atoms with Crippen LogP contribution in [0.5, 0.6) is 0 Å². The van der Waals surface area contributed by atoms with Crippen LogP contribution in [-0.4, -0.2) is 0 Å². The van der Waals surface area contributed by atoms with E-state index in [0.717, 1.165) is 24.4 Å². The summed E-state index contributed by atoms with van der Waals surface area (Å²) < 4.78 is 5.57. The molecule has 0 aromatic carbocycles. The zero-order valence-electron chi connectivity index (χ0n) is 9.12. The quantitative estimate of drug-likeness (QED) is 0.841. The van der Waals surface area contributed by atoms with Crippen molar-refractivity contribution < 1.29 is 4.42 Å². The van der Waals surface area contributed by atoms with E-state index in [-0.39, 0.29) is 18.4 Å². The molecular weight excluding hydrogens is 198 g/mol. The van der Waals surface area contributed by atoms with E-state index in [1.54, 1.807) is 0 Å². The molecule has 1 heterocycles. The van der Waals surface area contributed by atoms with E-state index < -0.39 is 0 Å². The lowest BCUT2D eigenvalue weighted by molar-refractivity contribution is 0.398. The monoisotopic (exact) mass is 217 g/mol. The molecule has 0 aliphatic carbocycles. The molecule has 0 bridgehead atoms. The van der Waals surface area contributed by atoms with Gasteiger partial charge in [-0.2, -0.15) is 0 Å². The molecule has 0 radical (unpaired) electrons. The van der Waals surface area contributed by atoms with Gasteiger partial charge in [0.15, 0.2) is 0 Å². The third-order valence-electron chi connectivity index (χ3n) is 2.12. The van der Waals surface area contributed by atoms with Crippen LogP contribution in [0.25, 0.3) is 0 Å². The third kappa shape index (κ3) is 3.72. The summed E-state index contributed by atoms with van der Waals surface area (Å²) in [6, 6.07) is 4.06. The number of nitrogens with two attached hydrogens (primary N) is 1. The van der Waals surface area contributed by atoms with Crippen LogP contribution in [0.15, 0.2) is 16.5 Å². The van der Waals surface area contributed by atoms with E-state index in [1.807, 2.05) is 12.1 Å². The van der Waals surface area contributed by atoms with E-state index in [1.165, 1.54) is 0 Å². The Bertz CT molecular complexity index is 258. The van der Waals surface area contributed by atoms with Crippen molar-refractivity contribution >= 4 is 12.4 Å².